The van der Waals surface area contributed by atoms with Crippen molar-refractivity contribution in [1.82, 2.24) is 0 Å². The summed E-state index contributed by atoms with van der Waals surface area (Å²) in [6, 6.07) is 0. The van der Waals surface area contributed by atoms with Gasteiger partial charge in [-0.15, -0.1) is 0 Å². The molecule has 2 nitrogen and oxygen atoms in total. The molecule has 0 heterocycles. The fraction of sp³-hybridized carbons (Fsp3) is 1.00. The van der Waals surface area contributed by atoms with Crippen molar-refractivity contribution in [1.29, 1.82) is 0 Å². The summed E-state index contributed by atoms with van der Waals surface area (Å²) in [5.41, 5.74) is 0. The third-order valence-electron chi connectivity index (χ3n) is 4.44. The normalized spacial score (nSPS) is 26.0. The van der Waals surface area contributed by atoms with Crippen molar-refractivity contribution in [2.45, 2.75) is 99.0 Å². The predicted molar refractivity (Wildman–Crippen MR) is 94.5 cm³/mol. The maximum absolute atomic E-state index is 9.84. The average Bonchev–Trinajstić information content (AvgIpc) is 2.51. The van der Waals surface area contributed by atoms with Crippen LogP contribution < -0.4 is 0 Å². The van der Waals surface area contributed by atoms with E-state index in [4.69, 9.17) is 5.11 Å². The van der Waals surface area contributed by atoms with E-state index in [9.17, 15) is 5.11 Å². The van der Waals surface area contributed by atoms with Crippen molar-refractivity contribution in [2.75, 3.05) is 6.61 Å². The van der Waals surface area contributed by atoms with E-state index in [0.717, 1.165) is 18.8 Å². The lowest BCUT2D eigenvalue weighted by molar-refractivity contribution is 0.0504. The Kier molecular flexibility index (Phi) is 18.0. The smallest absolute Gasteiger partial charge is 0.0568 e. The highest BCUT2D eigenvalue weighted by atomic mass is 16.3. The summed E-state index contributed by atoms with van der Waals surface area (Å²) in [5.74, 6) is 1.93. The fourth-order valence-corrected chi connectivity index (χ4v) is 2.94. The Morgan fingerprint density at radius 1 is 1.00 bits per heavy atom. The van der Waals surface area contributed by atoms with Crippen LogP contribution in [0.4, 0.5) is 0 Å². The zero-order chi connectivity index (χ0) is 16.7. The molecular weight excluding hydrogens is 260 g/mol. The first kappa shape index (κ1) is 23.2. The predicted octanol–water partition coefficient (Wildman–Crippen LogP) is 5.41. The molecule has 130 valence electrons. The highest BCUT2D eigenvalue weighted by Crippen LogP contribution is 2.32. The SMILES string of the molecule is CC.CC.CC(CCO)CCCCC1CCC(C)C(O)C1. The standard InChI is InChI=1S/C15H30O2.2C2H6/c1-12(9-10-16)5-3-4-6-14-8-7-13(2)15(17)11-14;2*1-2/h12-17H,3-11H2,1-2H3;2*1-2H3. The van der Waals surface area contributed by atoms with Crippen LogP contribution in [-0.4, -0.2) is 22.9 Å². The van der Waals surface area contributed by atoms with Crippen LogP contribution in [0.2, 0.25) is 0 Å². The molecule has 1 rings (SSSR count). The molecular formula is C19H42O2. The second-order valence-corrected chi connectivity index (χ2v) is 6.13. The summed E-state index contributed by atoms with van der Waals surface area (Å²) in [7, 11) is 0. The molecule has 0 aromatic heterocycles. The van der Waals surface area contributed by atoms with Gasteiger partial charge in [-0.2, -0.15) is 0 Å². The zero-order valence-electron chi connectivity index (χ0n) is 15.6. The molecule has 0 radical (unpaired) electrons. The Labute approximate surface area is 134 Å². The van der Waals surface area contributed by atoms with Gasteiger partial charge >= 0.3 is 0 Å². The second-order valence-electron chi connectivity index (χ2n) is 6.13. The molecule has 1 aliphatic carbocycles. The van der Waals surface area contributed by atoms with Crippen LogP contribution in [-0.2, 0) is 0 Å². The molecule has 4 unspecified atom stereocenters. The Morgan fingerprint density at radius 3 is 2.14 bits per heavy atom. The number of aliphatic hydroxyl groups is 2. The molecule has 2 N–H and O–H groups in total. The second kappa shape index (κ2) is 16.3. The van der Waals surface area contributed by atoms with Gasteiger partial charge in [0.05, 0.1) is 6.10 Å². The monoisotopic (exact) mass is 302 g/mol. The van der Waals surface area contributed by atoms with Crippen molar-refractivity contribution in [3.05, 3.63) is 0 Å². The summed E-state index contributed by atoms with van der Waals surface area (Å²) < 4.78 is 0. The quantitative estimate of drug-likeness (QED) is 0.617. The molecule has 1 saturated carbocycles. The Balaban J connectivity index is 0. The lowest BCUT2D eigenvalue weighted by Crippen LogP contribution is -2.27. The maximum atomic E-state index is 9.84. The number of rotatable bonds is 7. The van der Waals surface area contributed by atoms with E-state index >= 15 is 0 Å². The van der Waals surface area contributed by atoms with Crippen LogP contribution in [0.3, 0.4) is 0 Å². The molecule has 21 heavy (non-hydrogen) atoms. The van der Waals surface area contributed by atoms with Crippen molar-refractivity contribution >= 4 is 0 Å². The molecule has 1 fully saturated rings. The van der Waals surface area contributed by atoms with Crippen LogP contribution in [0.15, 0.2) is 0 Å². The minimum Gasteiger partial charge on any atom is -0.396 e. The maximum Gasteiger partial charge on any atom is 0.0568 e. The van der Waals surface area contributed by atoms with Gasteiger partial charge in [-0.25, -0.2) is 0 Å². The Morgan fingerprint density at radius 2 is 1.62 bits per heavy atom. The van der Waals surface area contributed by atoms with E-state index in [2.05, 4.69) is 13.8 Å². The fourth-order valence-electron chi connectivity index (χ4n) is 2.94. The molecule has 2 heteroatoms. The molecule has 0 aromatic rings. The number of unbranched alkanes of at least 4 members (excludes halogenated alkanes) is 1. The van der Waals surface area contributed by atoms with Crippen molar-refractivity contribution in [3.8, 4) is 0 Å². The first-order valence-electron chi connectivity index (χ1n) is 9.42. The van der Waals surface area contributed by atoms with Gasteiger partial charge in [0.15, 0.2) is 0 Å². The lowest BCUT2D eigenvalue weighted by atomic mass is 9.78. The molecule has 0 amide bonds. The Hall–Kier alpha value is -0.0800. The first-order valence-corrected chi connectivity index (χ1v) is 9.42. The topological polar surface area (TPSA) is 40.5 Å². The zero-order valence-corrected chi connectivity index (χ0v) is 15.6. The van der Waals surface area contributed by atoms with Gasteiger partial charge < -0.3 is 10.2 Å². The van der Waals surface area contributed by atoms with Gasteiger partial charge in [-0.1, -0.05) is 73.6 Å². The van der Waals surface area contributed by atoms with Crippen molar-refractivity contribution < 1.29 is 10.2 Å². The number of aliphatic hydroxyl groups excluding tert-OH is 2. The molecule has 1 aliphatic rings. The van der Waals surface area contributed by atoms with Gasteiger partial charge in [0.1, 0.15) is 0 Å². The number of hydrogen-bond donors (Lipinski definition) is 2. The minimum absolute atomic E-state index is 0.0536. The van der Waals surface area contributed by atoms with Crippen molar-refractivity contribution in [3.63, 3.8) is 0 Å². The molecule has 0 aromatic carbocycles. The van der Waals surface area contributed by atoms with E-state index in [1.54, 1.807) is 0 Å². The van der Waals surface area contributed by atoms with Gasteiger partial charge in [-0.05, 0) is 37.0 Å². The van der Waals surface area contributed by atoms with Crippen molar-refractivity contribution in [2.24, 2.45) is 17.8 Å². The Bertz CT molecular complexity index is 194. The molecule has 4 atom stereocenters. The average molecular weight is 303 g/mol. The summed E-state index contributed by atoms with van der Waals surface area (Å²) in [6.45, 7) is 12.7. The van der Waals surface area contributed by atoms with E-state index in [-0.39, 0.29) is 6.10 Å². The van der Waals surface area contributed by atoms with Crippen LogP contribution >= 0.6 is 0 Å². The summed E-state index contributed by atoms with van der Waals surface area (Å²) >= 11 is 0. The third-order valence-corrected chi connectivity index (χ3v) is 4.44. The van der Waals surface area contributed by atoms with Gasteiger partial charge in [0, 0.05) is 6.61 Å². The van der Waals surface area contributed by atoms with E-state index in [0.29, 0.717) is 18.4 Å². The molecule has 0 aliphatic heterocycles. The summed E-state index contributed by atoms with van der Waals surface area (Å²) in [4.78, 5) is 0. The lowest BCUT2D eigenvalue weighted by Gasteiger charge is -2.31. The molecule has 0 saturated heterocycles. The molecule has 0 bridgehead atoms. The largest absolute Gasteiger partial charge is 0.396 e. The minimum atomic E-state index is -0.0536. The molecule has 0 spiro atoms. The van der Waals surface area contributed by atoms with Crippen LogP contribution in [0.25, 0.3) is 0 Å². The van der Waals surface area contributed by atoms with Crippen LogP contribution in [0.5, 0.6) is 0 Å². The van der Waals surface area contributed by atoms with Gasteiger partial charge in [-0.3, -0.25) is 0 Å². The van der Waals surface area contributed by atoms with E-state index in [1.807, 2.05) is 27.7 Å². The third kappa shape index (κ3) is 12.2. The van der Waals surface area contributed by atoms with Gasteiger partial charge in [0.2, 0.25) is 0 Å². The number of hydrogen-bond acceptors (Lipinski definition) is 2. The summed E-state index contributed by atoms with van der Waals surface area (Å²) in [5, 5.41) is 18.7. The van der Waals surface area contributed by atoms with Crippen LogP contribution in [0.1, 0.15) is 92.9 Å². The summed E-state index contributed by atoms with van der Waals surface area (Å²) in [6.07, 6.45) is 9.53. The highest BCUT2D eigenvalue weighted by molar-refractivity contribution is 4.77. The first-order chi connectivity index (χ1) is 10.1. The van der Waals surface area contributed by atoms with Gasteiger partial charge in [0.25, 0.3) is 0 Å². The van der Waals surface area contributed by atoms with Crippen LogP contribution in [0, 0.1) is 17.8 Å². The van der Waals surface area contributed by atoms with E-state index < -0.39 is 0 Å². The van der Waals surface area contributed by atoms with E-state index in [1.165, 1.54) is 38.5 Å². The highest BCUT2D eigenvalue weighted by Gasteiger charge is 2.25.